The summed E-state index contributed by atoms with van der Waals surface area (Å²) in [5.41, 5.74) is 0.334. The van der Waals surface area contributed by atoms with Crippen molar-refractivity contribution < 1.29 is 9.53 Å². The van der Waals surface area contributed by atoms with E-state index < -0.39 is 0 Å². The predicted molar refractivity (Wildman–Crippen MR) is 69.8 cm³/mol. The van der Waals surface area contributed by atoms with Gasteiger partial charge in [-0.1, -0.05) is 11.6 Å². The number of pyridine rings is 1. The largest absolute Gasteiger partial charge is 0.377 e. The van der Waals surface area contributed by atoms with E-state index >= 15 is 0 Å². The van der Waals surface area contributed by atoms with Gasteiger partial charge in [0.1, 0.15) is 5.15 Å². The first-order valence-electron chi connectivity index (χ1n) is 6.00. The fourth-order valence-electron chi connectivity index (χ4n) is 2.26. The van der Waals surface area contributed by atoms with Gasteiger partial charge in [-0.2, -0.15) is 0 Å². The Kier molecular flexibility index (Phi) is 3.88. The molecule has 0 aromatic carbocycles. The van der Waals surface area contributed by atoms with Crippen molar-refractivity contribution in [3.63, 3.8) is 0 Å². The minimum atomic E-state index is -0.245. The molecule has 0 aliphatic carbocycles. The molecule has 1 aromatic heterocycles. The number of hydrogen-bond donors (Lipinski definition) is 0. The van der Waals surface area contributed by atoms with Crippen molar-refractivity contribution in [3.05, 3.63) is 29.0 Å². The zero-order valence-corrected chi connectivity index (χ0v) is 11.4. The molecule has 2 heterocycles. The van der Waals surface area contributed by atoms with Crippen LogP contribution in [0.4, 0.5) is 0 Å². The Morgan fingerprint density at radius 1 is 1.61 bits per heavy atom. The first kappa shape index (κ1) is 13.3. The summed E-state index contributed by atoms with van der Waals surface area (Å²) in [7, 11) is 1.69. The molecule has 98 valence electrons. The van der Waals surface area contributed by atoms with Gasteiger partial charge in [0, 0.05) is 32.0 Å². The Labute approximate surface area is 112 Å². The summed E-state index contributed by atoms with van der Waals surface area (Å²) in [5, 5.41) is 0.340. The highest BCUT2D eigenvalue weighted by Gasteiger charge is 2.33. The highest BCUT2D eigenvalue weighted by molar-refractivity contribution is 6.29. The molecule has 0 spiro atoms. The Morgan fingerprint density at radius 2 is 2.39 bits per heavy atom. The number of rotatable bonds is 2. The summed E-state index contributed by atoms with van der Waals surface area (Å²) >= 11 is 5.80. The highest BCUT2D eigenvalue weighted by atomic mass is 35.5. The Bertz CT molecular complexity index is 452. The molecule has 0 saturated carbocycles. The van der Waals surface area contributed by atoms with Gasteiger partial charge in [0.05, 0.1) is 5.60 Å². The van der Waals surface area contributed by atoms with E-state index in [-0.39, 0.29) is 11.5 Å². The van der Waals surface area contributed by atoms with Crippen molar-refractivity contribution in [3.8, 4) is 0 Å². The van der Waals surface area contributed by atoms with Crippen LogP contribution in [0, 0.1) is 0 Å². The van der Waals surface area contributed by atoms with Crippen LogP contribution in [0.15, 0.2) is 18.3 Å². The lowest BCUT2D eigenvalue weighted by Gasteiger charge is -2.39. The SMILES string of the molecule is COC1(C)CCCN(C(=O)c2ccnc(Cl)c2)C1. The lowest BCUT2D eigenvalue weighted by atomic mass is 9.94. The topological polar surface area (TPSA) is 42.4 Å². The van der Waals surface area contributed by atoms with Crippen molar-refractivity contribution in [2.75, 3.05) is 20.2 Å². The summed E-state index contributed by atoms with van der Waals surface area (Å²) in [5.74, 6) is -0.0118. The van der Waals surface area contributed by atoms with Gasteiger partial charge in [-0.05, 0) is 31.9 Å². The average molecular weight is 269 g/mol. The third-order valence-corrected chi connectivity index (χ3v) is 3.62. The fraction of sp³-hybridized carbons (Fsp3) is 0.538. The Morgan fingerprint density at radius 3 is 3.06 bits per heavy atom. The molecule has 0 bridgehead atoms. The van der Waals surface area contributed by atoms with Crippen LogP contribution in [0.3, 0.4) is 0 Å². The van der Waals surface area contributed by atoms with Crippen molar-refractivity contribution in [2.45, 2.75) is 25.4 Å². The summed E-state index contributed by atoms with van der Waals surface area (Å²) in [6.45, 7) is 3.41. The standard InChI is InChI=1S/C13H17ClN2O2/c1-13(18-2)5-3-7-16(9-13)12(17)10-4-6-15-11(14)8-10/h4,6,8H,3,5,7,9H2,1-2H3. The molecule has 2 rings (SSSR count). The molecule has 0 N–H and O–H groups in total. The van der Waals surface area contributed by atoms with E-state index in [0.29, 0.717) is 17.3 Å². The third kappa shape index (κ3) is 2.82. The van der Waals surface area contributed by atoms with Gasteiger partial charge in [-0.3, -0.25) is 4.79 Å². The lowest BCUT2D eigenvalue weighted by molar-refractivity contribution is -0.0440. The predicted octanol–water partition coefficient (Wildman–Crippen LogP) is 2.38. The second kappa shape index (κ2) is 5.24. The van der Waals surface area contributed by atoms with Gasteiger partial charge in [-0.15, -0.1) is 0 Å². The number of carbonyl (C=O) groups excluding carboxylic acids is 1. The smallest absolute Gasteiger partial charge is 0.254 e. The average Bonchev–Trinajstić information content (AvgIpc) is 2.38. The van der Waals surface area contributed by atoms with Crippen LogP contribution in [0.2, 0.25) is 5.15 Å². The fourth-order valence-corrected chi connectivity index (χ4v) is 2.44. The molecular weight excluding hydrogens is 252 g/mol. The number of carbonyl (C=O) groups is 1. The van der Waals surface area contributed by atoms with E-state index in [9.17, 15) is 4.79 Å². The van der Waals surface area contributed by atoms with Crippen LogP contribution in [0.5, 0.6) is 0 Å². The molecule has 1 saturated heterocycles. The number of amides is 1. The number of ether oxygens (including phenoxy) is 1. The maximum atomic E-state index is 12.3. The summed E-state index contributed by atoms with van der Waals surface area (Å²) in [4.78, 5) is 18.0. The second-order valence-corrected chi connectivity index (χ2v) is 5.24. The summed E-state index contributed by atoms with van der Waals surface area (Å²) < 4.78 is 5.49. The van der Waals surface area contributed by atoms with Gasteiger partial charge in [0.25, 0.3) is 5.91 Å². The molecule has 1 aliphatic rings. The number of aromatic nitrogens is 1. The lowest BCUT2D eigenvalue weighted by Crippen LogP contribution is -2.49. The monoisotopic (exact) mass is 268 g/mol. The van der Waals surface area contributed by atoms with Crippen molar-refractivity contribution in [2.24, 2.45) is 0 Å². The van der Waals surface area contributed by atoms with Gasteiger partial charge in [-0.25, -0.2) is 4.98 Å². The van der Waals surface area contributed by atoms with E-state index in [1.807, 2.05) is 11.8 Å². The Balaban J connectivity index is 2.14. The zero-order valence-electron chi connectivity index (χ0n) is 10.6. The molecular formula is C13H17ClN2O2. The maximum Gasteiger partial charge on any atom is 0.254 e. The molecule has 0 radical (unpaired) electrons. The first-order valence-corrected chi connectivity index (χ1v) is 6.38. The number of halogens is 1. The number of nitrogens with zero attached hydrogens (tertiary/aromatic N) is 2. The number of methoxy groups -OCH3 is 1. The number of piperidine rings is 1. The highest BCUT2D eigenvalue weighted by Crippen LogP contribution is 2.25. The van der Waals surface area contributed by atoms with Gasteiger partial charge >= 0.3 is 0 Å². The molecule has 1 unspecified atom stereocenters. The van der Waals surface area contributed by atoms with Crippen LogP contribution in [-0.4, -0.2) is 41.6 Å². The van der Waals surface area contributed by atoms with Gasteiger partial charge < -0.3 is 9.64 Å². The van der Waals surface area contributed by atoms with Crippen molar-refractivity contribution >= 4 is 17.5 Å². The minimum absolute atomic E-state index is 0.0118. The van der Waals surface area contributed by atoms with Crippen LogP contribution < -0.4 is 0 Å². The molecule has 1 amide bonds. The molecule has 1 fully saturated rings. The molecule has 1 atom stereocenters. The minimum Gasteiger partial charge on any atom is -0.377 e. The molecule has 4 nitrogen and oxygen atoms in total. The number of likely N-dealkylation sites (tertiary alicyclic amines) is 1. The van der Waals surface area contributed by atoms with Crippen LogP contribution >= 0.6 is 11.6 Å². The molecule has 18 heavy (non-hydrogen) atoms. The van der Waals surface area contributed by atoms with Crippen LogP contribution in [0.25, 0.3) is 0 Å². The van der Waals surface area contributed by atoms with E-state index in [2.05, 4.69) is 4.98 Å². The zero-order chi connectivity index (χ0) is 13.2. The molecule has 1 aromatic rings. The van der Waals surface area contributed by atoms with Crippen LogP contribution in [-0.2, 0) is 4.74 Å². The van der Waals surface area contributed by atoms with Gasteiger partial charge in [0.2, 0.25) is 0 Å². The van der Waals surface area contributed by atoms with Crippen molar-refractivity contribution in [1.82, 2.24) is 9.88 Å². The first-order chi connectivity index (χ1) is 8.54. The summed E-state index contributed by atoms with van der Waals surface area (Å²) in [6, 6.07) is 3.29. The molecule has 5 heteroatoms. The number of hydrogen-bond acceptors (Lipinski definition) is 3. The Hall–Kier alpha value is -1.13. The summed E-state index contributed by atoms with van der Waals surface area (Å²) in [6.07, 6.45) is 3.48. The second-order valence-electron chi connectivity index (χ2n) is 4.85. The maximum absolute atomic E-state index is 12.3. The van der Waals surface area contributed by atoms with Crippen LogP contribution in [0.1, 0.15) is 30.1 Å². The normalized spacial score (nSPS) is 24.1. The van der Waals surface area contributed by atoms with E-state index in [1.54, 1.807) is 25.4 Å². The van der Waals surface area contributed by atoms with E-state index in [1.165, 1.54) is 0 Å². The molecule has 1 aliphatic heterocycles. The van der Waals surface area contributed by atoms with E-state index in [0.717, 1.165) is 19.4 Å². The third-order valence-electron chi connectivity index (χ3n) is 3.41. The van der Waals surface area contributed by atoms with E-state index in [4.69, 9.17) is 16.3 Å². The van der Waals surface area contributed by atoms with Crippen molar-refractivity contribution in [1.29, 1.82) is 0 Å². The quantitative estimate of drug-likeness (QED) is 0.774. The van der Waals surface area contributed by atoms with Gasteiger partial charge in [0.15, 0.2) is 0 Å².